The molecule has 3 heterocycles. The fourth-order valence-electron chi connectivity index (χ4n) is 3.64. The zero-order valence-electron chi connectivity index (χ0n) is 16.4. The number of carbonyl (C=O) groups is 2. The maximum atomic E-state index is 12.8. The third-order valence-electron chi connectivity index (χ3n) is 5.36. The summed E-state index contributed by atoms with van der Waals surface area (Å²) in [6, 6.07) is 13.1. The summed E-state index contributed by atoms with van der Waals surface area (Å²) in [5.41, 5.74) is 2.62. The van der Waals surface area contributed by atoms with E-state index in [0.29, 0.717) is 38.0 Å². The second-order valence-electron chi connectivity index (χ2n) is 7.29. The van der Waals surface area contributed by atoms with Gasteiger partial charge in [-0.3, -0.25) is 9.59 Å². The van der Waals surface area contributed by atoms with Gasteiger partial charge in [0, 0.05) is 36.5 Å². The topological polar surface area (TPSA) is 80.4 Å². The molecule has 4 rings (SSSR count). The first-order chi connectivity index (χ1) is 14.1. The van der Waals surface area contributed by atoms with Crippen LogP contribution in [0.5, 0.6) is 0 Å². The average molecular weight is 392 g/mol. The molecule has 0 saturated carbocycles. The monoisotopic (exact) mass is 392 g/mol. The SMILES string of the molecule is Cc1ccnn1-c1ccc(C(=O)N2CCC(C(=O)NCc3ccco3)CC2)cc1. The van der Waals surface area contributed by atoms with E-state index in [-0.39, 0.29) is 17.7 Å². The first kappa shape index (κ1) is 19.0. The van der Waals surface area contributed by atoms with Gasteiger partial charge in [0.05, 0.1) is 18.5 Å². The van der Waals surface area contributed by atoms with Crippen molar-refractivity contribution in [1.29, 1.82) is 0 Å². The predicted molar refractivity (Wildman–Crippen MR) is 107 cm³/mol. The molecular formula is C22H24N4O3. The summed E-state index contributed by atoms with van der Waals surface area (Å²) < 4.78 is 7.07. The number of carbonyl (C=O) groups excluding carboxylic acids is 2. The van der Waals surface area contributed by atoms with Crippen LogP contribution in [0.25, 0.3) is 5.69 Å². The Hall–Kier alpha value is -3.35. The summed E-state index contributed by atoms with van der Waals surface area (Å²) in [5.74, 6) is 0.689. The number of piperidine rings is 1. The van der Waals surface area contributed by atoms with Gasteiger partial charge in [0.25, 0.3) is 5.91 Å². The van der Waals surface area contributed by atoms with Gasteiger partial charge < -0.3 is 14.6 Å². The molecule has 7 nitrogen and oxygen atoms in total. The zero-order valence-corrected chi connectivity index (χ0v) is 16.4. The van der Waals surface area contributed by atoms with Crippen molar-refractivity contribution in [3.8, 4) is 5.69 Å². The van der Waals surface area contributed by atoms with E-state index in [1.165, 1.54) is 0 Å². The predicted octanol–water partition coefficient (Wildman–Crippen LogP) is 2.94. The van der Waals surface area contributed by atoms with E-state index >= 15 is 0 Å². The Labute approximate surface area is 169 Å². The standard InChI is InChI=1S/C22H24N4O3/c1-16-8-11-24-26(16)19-6-4-18(5-7-19)22(28)25-12-9-17(10-13-25)21(27)23-15-20-3-2-14-29-20/h2-8,11,14,17H,9-10,12-13,15H2,1H3,(H,23,27). The third kappa shape index (κ3) is 4.23. The van der Waals surface area contributed by atoms with Crippen LogP contribution in [-0.4, -0.2) is 39.6 Å². The van der Waals surface area contributed by atoms with Crippen LogP contribution in [0.15, 0.2) is 59.3 Å². The molecule has 0 atom stereocenters. The van der Waals surface area contributed by atoms with Crippen LogP contribution in [0.1, 0.15) is 34.7 Å². The van der Waals surface area contributed by atoms with Crippen LogP contribution in [0, 0.1) is 12.8 Å². The summed E-state index contributed by atoms with van der Waals surface area (Å²) in [6.07, 6.45) is 4.68. The molecule has 2 amide bonds. The molecule has 3 aromatic rings. The van der Waals surface area contributed by atoms with Crippen molar-refractivity contribution in [3.05, 3.63) is 71.9 Å². The summed E-state index contributed by atoms with van der Waals surface area (Å²) >= 11 is 0. The van der Waals surface area contributed by atoms with Gasteiger partial charge in [-0.1, -0.05) is 0 Å². The van der Waals surface area contributed by atoms with Crippen molar-refractivity contribution in [2.45, 2.75) is 26.3 Å². The van der Waals surface area contributed by atoms with Gasteiger partial charge in [-0.15, -0.1) is 0 Å². The molecule has 1 fully saturated rings. The Bertz CT molecular complexity index is 968. The second-order valence-corrected chi connectivity index (χ2v) is 7.29. The quantitative estimate of drug-likeness (QED) is 0.724. The third-order valence-corrected chi connectivity index (χ3v) is 5.36. The average Bonchev–Trinajstić information content (AvgIpc) is 3.43. The van der Waals surface area contributed by atoms with Crippen LogP contribution in [0.3, 0.4) is 0 Å². The van der Waals surface area contributed by atoms with Crippen LogP contribution in [0.4, 0.5) is 0 Å². The molecule has 1 aromatic carbocycles. The molecule has 7 heteroatoms. The maximum absolute atomic E-state index is 12.8. The molecule has 1 saturated heterocycles. The Morgan fingerprint density at radius 3 is 2.52 bits per heavy atom. The van der Waals surface area contributed by atoms with E-state index in [9.17, 15) is 9.59 Å². The lowest BCUT2D eigenvalue weighted by molar-refractivity contribution is -0.126. The Balaban J connectivity index is 1.30. The van der Waals surface area contributed by atoms with E-state index < -0.39 is 0 Å². The molecule has 0 unspecified atom stereocenters. The first-order valence-corrected chi connectivity index (χ1v) is 9.82. The van der Waals surface area contributed by atoms with Crippen molar-refractivity contribution in [1.82, 2.24) is 20.0 Å². The number of hydrogen-bond donors (Lipinski definition) is 1. The highest BCUT2D eigenvalue weighted by Gasteiger charge is 2.27. The second kappa shape index (κ2) is 8.34. The summed E-state index contributed by atoms with van der Waals surface area (Å²) in [4.78, 5) is 27.0. The van der Waals surface area contributed by atoms with Crippen molar-refractivity contribution in [2.24, 2.45) is 5.92 Å². The molecule has 2 aromatic heterocycles. The Kier molecular flexibility index (Phi) is 5.46. The van der Waals surface area contributed by atoms with Crippen LogP contribution < -0.4 is 5.32 Å². The van der Waals surface area contributed by atoms with E-state index in [4.69, 9.17) is 4.42 Å². The highest BCUT2D eigenvalue weighted by Crippen LogP contribution is 2.20. The van der Waals surface area contributed by atoms with Gasteiger partial charge in [-0.25, -0.2) is 4.68 Å². The molecule has 1 aliphatic rings. The molecule has 0 bridgehead atoms. The van der Waals surface area contributed by atoms with Crippen molar-refractivity contribution >= 4 is 11.8 Å². The van der Waals surface area contributed by atoms with Gasteiger partial charge >= 0.3 is 0 Å². The van der Waals surface area contributed by atoms with Gasteiger partial charge in [-0.05, 0) is 62.2 Å². The number of nitrogens with zero attached hydrogens (tertiary/aromatic N) is 3. The molecule has 0 aliphatic carbocycles. The number of aryl methyl sites for hydroxylation is 1. The molecule has 1 aliphatic heterocycles. The first-order valence-electron chi connectivity index (χ1n) is 9.82. The summed E-state index contributed by atoms with van der Waals surface area (Å²) in [7, 11) is 0. The number of furan rings is 1. The number of rotatable bonds is 5. The summed E-state index contributed by atoms with van der Waals surface area (Å²) in [5, 5.41) is 7.19. The van der Waals surface area contributed by atoms with E-state index in [1.54, 1.807) is 18.5 Å². The van der Waals surface area contributed by atoms with Gasteiger partial charge in [0.1, 0.15) is 5.76 Å². The molecule has 1 N–H and O–H groups in total. The van der Waals surface area contributed by atoms with Crippen LogP contribution in [-0.2, 0) is 11.3 Å². The molecule has 150 valence electrons. The number of benzene rings is 1. The lowest BCUT2D eigenvalue weighted by Gasteiger charge is -2.31. The van der Waals surface area contributed by atoms with E-state index in [1.807, 2.05) is 52.9 Å². The molecule has 0 radical (unpaired) electrons. The fourth-order valence-corrected chi connectivity index (χ4v) is 3.64. The number of likely N-dealkylation sites (tertiary alicyclic amines) is 1. The lowest BCUT2D eigenvalue weighted by Crippen LogP contribution is -2.42. The van der Waals surface area contributed by atoms with Crippen molar-refractivity contribution < 1.29 is 14.0 Å². The van der Waals surface area contributed by atoms with Gasteiger partial charge in [-0.2, -0.15) is 5.10 Å². The van der Waals surface area contributed by atoms with Crippen LogP contribution >= 0.6 is 0 Å². The lowest BCUT2D eigenvalue weighted by atomic mass is 9.95. The molecule has 29 heavy (non-hydrogen) atoms. The number of aromatic nitrogens is 2. The summed E-state index contributed by atoms with van der Waals surface area (Å²) in [6.45, 7) is 3.55. The number of hydrogen-bond acceptors (Lipinski definition) is 4. The molecule has 0 spiro atoms. The minimum Gasteiger partial charge on any atom is -0.467 e. The minimum absolute atomic E-state index is 0.00295. The Morgan fingerprint density at radius 1 is 1.14 bits per heavy atom. The molecular weight excluding hydrogens is 368 g/mol. The largest absolute Gasteiger partial charge is 0.467 e. The van der Waals surface area contributed by atoms with Crippen LogP contribution in [0.2, 0.25) is 0 Å². The Morgan fingerprint density at radius 2 is 1.90 bits per heavy atom. The highest BCUT2D eigenvalue weighted by atomic mass is 16.3. The number of amides is 2. The van der Waals surface area contributed by atoms with E-state index in [2.05, 4.69) is 10.4 Å². The van der Waals surface area contributed by atoms with E-state index in [0.717, 1.165) is 17.1 Å². The fraction of sp³-hybridized carbons (Fsp3) is 0.318. The minimum atomic E-state index is -0.0702. The maximum Gasteiger partial charge on any atom is 0.253 e. The van der Waals surface area contributed by atoms with Gasteiger partial charge in [0.2, 0.25) is 5.91 Å². The number of nitrogens with one attached hydrogen (secondary N) is 1. The normalized spacial score (nSPS) is 14.7. The smallest absolute Gasteiger partial charge is 0.253 e. The zero-order chi connectivity index (χ0) is 20.2. The highest BCUT2D eigenvalue weighted by molar-refractivity contribution is 5.94. The van der Waals surface area contributed by atoms with Crippen molar-refractivity contribution in [3.63, 3.8) is 0 Å². The van der Waals surface area contributed by atoms with Crippen molar-refractivity contribution in [2.75, 3.05) is 13.1 Å². The van der Waals surface area contributed by atoms with Gasteiger partial charge in [0.15, 0.2) is 0 Å².